The van der Waals surface area contributed by atoms with Gasteiger partial charge in [0.15, 0.2) is 0 Å². The number of terminal acetylenes is 1. The van der Waals surface area contributed by atoms with E-state index >= 15 is 0 Å². The topological polar surface area (TPSA) is 61.4 Å². The number of hydrogen-bond donors (Lipinski definition) is 2. The van der Waals surface area contributed by atoms with Crippen LogP contribution in [0, 0.1) is 12.3 Å². The van der Waals surface area contributed by atoms with Crippen molar-refractivity contribution in [2.75, 3.05) is 25.0 Å². The molecule has 1 aliphatic heterocycles. The maximum atomic E-state index is 12.3. The summed E-state index contributed by atoms with van der Waals surface area (Å²) in [5.74, 6) is 2.15. The fourth-order valence-corrected chi connectivity index (χ4v) is 2.45. The van der Waals surface area contributed by atoms with E-state index in [4.69, 9.17) is 6.42 Å². The third kappa shape index (κ3) is 4.33. The summed E-state index contributed by atoms with van der Waals surface area (Å²) in [5.41, 5.74) is 0.770. The molecule has 2 amide bonds. The number of amides is 2. The first-order valence-electron chi connectivity index (χ1n) is 7.01. The number of carbonyl (C=O) groups is 2. The van der Waals surface area contributed by atoms with Gasteiger partial charge in [-0.05, 0) is 31.5 Å². The van der Waals surface area contributed by atoms with Crippen molar-refractivity contribution in [1.29, 1.82) is 0 Å². The SMILES string of the molecule is C#CCNC(=O)CN1CCC[C@@H]1C(=O)Nc1ccccc1. The van der Waals surface area contributed by atoms with Crippen molar-refractivity contribution in [3.05, 3.63) is 30.3 Å². The molecule has 0 saturated carbocycles. The smallest absolute Gasteiger partial charge is 0.241 e. The summed E-state index contributed by atoms with van der Waals surface area (Å²) < 4.78 is 0. The highest BCUT2D eigenvalue weighted by atomic mass is 16.2. The first-order chi connectivity index (χ1) is 10.2. The van der Waals surface area contributed by atoms with Gasteiger partial charge in [0.05, 0.1) is 19.1 Å². The minimum absolute atomic E-state index is 0.0663. The van der Waals surface area contributed by atoms with E-state index in [9.17, 15) is 9.59 Å². The number of hydrogen-bond acceptors (Lipinski definition) is 3. The normalized spacial score (nSPS) is 18.0. The fraction of sp³-hybridized carbons (Fsp3) is 0.375. The molecule has 0 bridgehead atoms. The zero-order valence-electron chi connectivity index (χ0n) is 11.8. The van der Waals surface area contributed by atoms with Crippen LogP contribution in [-0.2, 0) is 9.59 Å². The van der Waals surface area contributed by atoms with E-state index < -0.39 is 0 Å². The summed E-state index contributed by atoms with van der Waals surface area (Å²) in [6.07, 6.45) is 6.78. The van der Waals surface area contributed by atoms with E-state index in [2.05, 4.69) is 16.6 Å². The van der Waals surface area contributed by atoms with Gasteiger partial charge in [-0.15, -0.1) is 6.42 Å². The predicted molar refractivity (Wildman–Crippen MR) is 81.5 cm³/mol. The Morgan fingerprint density at radius 3 is 2.81 bits per heavy atom. The van der Waals surface area contributed by atoms with Crippen LogP contribution < -0.4 is 10.6 Å². The van der Waals surface area contributed by atoms with Crippen LogP contribution in [0.15, 0.2) is 30.3 Å². The van der Waals surface area contributed by atoms with Crippen LogP contribution in [0.1, 0.15) is 12.8 Å². The van der Waals surface area contributed by atoms with Crippen molar-refractivity contribution in [3.8, 4) is 12.3 Å². The second-order valence-corrected chi connectivity index (χ2v) is 4.96. The number of nitrogens with one attached hydrogen (secondary N) is 2. The number of anilines is 1. The van der Waals surface area contributed by atoms with Crippen molar-refractivity contribution in [1.82, 2.24) is 10.2 Å². The van der Waals surface area contributed by atoms with Gasteiger partial charge >= 0.3 is 0 Å². The molecule has 5 nitrogen and oxygen atoms in total. The number of nitrogens with zero attached hydrogens (tertiary/aromatic N) is 1. The average Bonchev–Trinajstić information content (AvgIpc) is 2.94. The molecule has 21 heavy (non-hydrogen) atoms. The molecule has 0 spiro atoms. The zero-order chi connectivity index (χ0) is 15.1. The number of para-hydroxylation sites is 1. The minimum atomic E-state index is -0.262. The lowest BCUT2D eigenvalue weighted by Gasteiger charge is -2.22. The maximum Gasteiger partial charge on any atom is 0.241 e. The Morgan fingerprint density at radius 1 is 1.33 bits per heavy atom. The third-order valence-corrected chi connectivity index (χ3v) is 3.44. The first kappa shape index (κ1) is 15.1. The van der Waals surface area contributed by atoms with Gasteiger partial charge < -0.3 is 10.6 Å². The Morgan fingerprint density at radius 2 is 2.10 bits per heavy atom. The molecule has 1 saturated heterocycles. The fourth-order valence-electron chi connectivity index (χ4n) is 2.45. The number of likely N-dealkylation sites (tertiary alicyclic amines) is 1. The van der Waals surface area contributed by atoms with E-state index in [0.29, 0.717) is 0 Å². The third-order valence-electron chi connectivity index (χ3n) is 3.44. The van der Waals surface area contributed by atoms with E-state index in [-0.39, 0.29) is 30.9 Å². The Balaban J connectivity index is 1.90. The Labute approximate surface area is 124 Å². The molecular weight excluding hydrogens is 266 g/mol. The second-order valence-electron chi connectivity index (χ2n) is 4.96. The van der Waals surface area contributed by atoms with Gasteiger partial charge in [0.25, 0.3) is 0 Å². The average molecular weight is 285 g/mol. The lowest BCUT2D eigenvalue weighted by atomic mass is 10.2. The van der Waals surface area contributed by atoms with Gasteiger partial charge in [-0.3, -0.25) is 14.5 Å². The van der Waals surface area contributed by atoms with Crippen LogP contribution >= 0.6 is 0 Å². The monoisotopic (exact) mass is 285 g/mol. The molecule has 1 fully saturated rings. The Hall–Kier alpha value is -2.32. The highest BCUT2D eigenvalue weighted by molar-refractivity contribution is 5.95. The number of carbonyl (C=O) groups excluding carboxylic acids is 2. The molecule has 2 N–H and O–H groups in total. The van der Waals surface area contributed by atoms with E-state index in [1.54, 1.807) is 0 Å². The van der Waals surface area contributed by atoms with Crippen molar-refractivity contribution in [2.45, 2.75) is 18.9 Å². The van der Waals surface area contributed by atoms with E-state index in [1.165, 1.54) is 0 Å². The predicted octanol–water partition coefficient (Wildman–Crippen LogP) is 0.839. The molecule has 2 rings (SSSR count). The van der Waals surface area contributed by atoms with Gasteiger partial charge in [-0.25, -0.2) is 0 Å². The zero-order valence-corrected chi connectivity index (χ0v) is 11.8. The highest BCUT2D eigenvalue weighted by Crippen LogP contribution is 2.18. The Kier molecular flexibility index (Phi) is 5.35. The van der Waals surface area contributed by atoms with Gasteiger partial charge in [0.2, 0.25) is 11.8 Å². The maximum absolute atomic E-state index is 12.3. The van der Waals surface area contributed by atoms with Crippen LogP contribution in [0.25, 0.3) is 0 Å². The van der Waals surface area contributed by atoms with Crippen molar-refractivity contribution < 1.29 is 9.59 Å². The van der Waals surface area contributed by atoms with Crippen LogP contribution in [0.5, 0.6) is 0 Å². The number of rotatable bonds is 5. The minimum Gasteiger partial charge on any atom is -0.344 e. The molecule has 110 valence electrons. The lowest BCUT2D eigenvalue weighted by molar-refractivity contribution is -0.124. The Bertz CT molecular complexity index is 536. The summed E-state index contributed by atoms with van der Waals surface area (Å²) in [5, 5.41) is 5.51. The molecular formula is C16H19N3O2. The van der Waals surface area contributed by atoms with Gasteiger partial charge in [-0.1, -0.05) is 24.1 Å². The molecule has 0 unspecified atom stereocenters. The second kappa shape index (κ2) is 7.46. The van der Waals surface area contributed by atoms with Crippen molar-refractivity contribution in [2.24, 2.45) is 0 Å². The molecule has 1 atom stereocenters. The van der Waals surface area contributed by atoms with Crippen LogP contribution in [0.3, 0.4) is 0 Å². The van der Waals surface area contributed by atoms with E-state index in [1.807, 2.05) is 35.2 Å². The van der Waals surface area contributed by atoms with Crippen molar-refractivity contribution in [3.63, 3.8) is 0 Å². The summed E-state index contributed by atoms with van der Waals surface area (Å²) in [6, 6.07) is 9.06. The van der Waals surface area contributed by atoms with Crippen LogP contribution in [-0.4, -0.2) is 42.4 Å². The van der Waals surface area contributed by atoms with E-state index in [0.717, 1.165) is 25.1 Å². The summed E-state index contributed by atoms with van der Waals surface area (Å²) in [7, 11) is 0. The molecule has 0 aliphatic carbocycles. The molecule has 1 aromatic carbocycles. The molecule has 5 heteroatoms. The van der Waals surface area contributed by atoms with Gasteiger partial charge in [0, 0.05) is 5.69 Å². The molecule has 1 aliphatic rings. The summed E-state index contributed by atoms with van der Waals surface area (Å²) in [6.45, 7) is 1.17. The first-order valence-corrected chi connectivity index (χ1v) is 7.01. The van der Waals surface area contributed by atoms with Crippen LogP contribution in [0.4, 0.5) is 5.69 Å². The summed E-state index contributed by atoms with van der Waals surface area (Å²) >= 11 is 0. The van der Waals surface area contributed by atoms with Crippen LogP contribution in [0.2, 0.25) is 0 Å². The molecule has 0 radical (unpaired) electrons. The number of benzene rings is 1. The molecule has 1 aromatic rings. The van der Waals surface area contributed by atoms with Crippen molar-refractivity contribution >= 4 is 17.5 Å². The quantitative estimate of drug-likeness (QED) is 0.788. The summed E-state index contributed by atoms with van der Waals surface area (Å²) in [4.78, 5) is 25.9. The van der Waals surface area contributed by atoms with Gasteiger partial charge in [0.1, 0.15) is 0 Å². The van der Waals surface area contributed by atoms with Gasteiger partial charge in [-0.2, -0.15) is 0 Å². The molecule has 1 heterocycles. The largest absolute Gasteiger partial charge is 0.344 e. The lowest BCUT2D eigenvalue weighted by Crippen LogP contribution is -2.45. The standard InChI is InChI=1S/C16H19N3O2/c1-2-10-17-15(20)12-19-11-6-9-14(19)16(21)18-13-7-4-3-5-8-13/h1,3-5,7-8,14H,6,9-12H2,(H,17,20)(H,18,21)/t14-/m1/s1. The molecule has 0 aromatic heterocycles. The highest BCUT2D eigenvalue weighted by Gasteiger charge is 2.31.